The average Bonchev–Trinajstić information content (AvgIpc) is 3.99. The molecule has 5 heterocycles. The number of benzene rings is 4. The van der Waals surface area contributed by atoms with E-state index in [1.165, 1.54) is 14.7 Å². The Hall–Kier alpha value is -5.79. The lowest BCUT2D eigenvalue weighted by atomic mass is 10.0. The van der Waals surface area contributed by atoms with E-state index in [2.05, 4.69) is 198 Å². The summed E-state index contributed by atoms with van der Waals surface area (Å²) >= 11 is 2.36. The molecule has 7 aromatic rings. The van der Waals surface area contributed by atoms with Crippen LogP contribution >= 0.6 is 22.6 Å². The van der Waals surface area contributed by atoms with Gasteiger partial charge in [-0.05, 0) is 119 Å². The molecule has 9 rings (SSSR count). The van der Waals surface area contributed by atoms with Crippen LogP contribution in [0.15, 0.2) is 127 Å². The molecular weight excluding hydrogens is 735 g/mol. The molecule has 2 aliphatic rings. The number of halogens is 1. The number of aromatic nitrogens is 4. The monoisotopic (exact) mass is 768 g/mol. The van der Waals surface area contributed by atoms with Crippen LogP contribution in [0.3, 0.4) is 0 Å². The van der Waals surface area contributed by atoms with Gasteiger partial charge in [-0.1, -0.05) is 102 Å². The highest BCUT2D eigenvalue weighted by Gasteiger charge is 2.19. The summed E-state index contributed by atoms with van der Waals surface area (Å²) in [5, 5.41) is 0. The number of fused-ring (bicyclic) bond motifs is 8. The van der Waals surface area contributed by atoms with Crippen LogP contribution in [-0.2, 0) is 0 Å². The third-order valence-corrected chi connectivity index (χ3v) is 10.3. The van der Waals surface area contributed by atoms with Gasteiger partial charge in [-0.15, -0.1) is 0 Å². The first-order chi connectivity index (χ1) is 25.0. The van der Waals surface area contributed by atoms with Crippen LogP contribution in [0.4, 0.5) is 0 Å². The van der Waals surface area contributed by atoms with E-state index in [0.717, 1.165) is 89.4 Å². The van der Waals surface area contributed by atoms with Gasteiger partial charge in [0.2, 0.25) is 0 Å². The number of hydrogen-bond acceptors (Lipinski definition) is 2. The van der Waals surface area contributed by atoms with E-state index < -0.39 is 0 Å². The Labute approximate surface area is 310 Å². The van der Waals surface area contributed by atoms with Crippen molar-refractivity contribution in [2.75, 3.05) is 0 Å². The SMILES string of the molecule is Cc1ccc(-c2c3nc(c(-c4ccc(I)cc4)c4ccc([nH]4)c(-c4ccc(C)cc4)c4nc(c(-c5ccccc5)c5ccc2[nH]5)C=C4)C=C3)cc1. The number of aryl methyl sites for hydroxylation is 2. The lowest BCUT2D eigenvalue weighted by molar-refractivity contribution is 1.31. The van der Waals surface area contributed by atoms with Gasteiger partial charge >= 0.3 is 0 Å². The highest BCUT2D eigenvalue weighted by Crippen LogP contribution is 2.38. The van der Waals surface area contributed by atoms with Gasteiger partial charge in [0.15, 0.2) is 0 Å². The minimum atomic E-state index is 0.907. The molecule has 0 atom stereocenters. The molecule has 0 amide bonds. The van der Waals surface area contributed by atoms with Crippen LogP contribution in [0.25, 0.3) is 90.9 Å². The van der Waals surface area contributed by atoms with Crippen molar-refractivity contribution in [2.45, 2.75) is 13.8 Å². The number of aromatic amines is 2. The highest BCUT2D eigenvalue weighted by atomic mass is 127. The van der Waals surface area contributed by atoms with Gasteiger partial charge in [-0.2, -0.15) is 0 Å². The number of nitrogens with zero attached hydrogens (tertiary/aromatic N) is 2. The van der Waals surface area contributed by atoms with Gasteiger partial charge in [0.25, 0.3) is 0 Å². The fourth-order valence-electron chi connectivity index (χ4n) is 7.08. The van der Waals surface area contributed by atoms with Crippen LogP contribution in [0.2, 0.25) is 0 Å². The van der Waals surface area contributed by atoms with Crippen molar-refractivity contribution in [3.8, 4) is 44.5 Å². The summed E-state index contributed by atoms with van der Waals surface area (Å²) in [6.07, 6.45) is 8.59. The van der Waals surface area contributed by atoms with Gasteiger partial charge in [0.1, 0.15) is 0 Å². The van der Waals surface area contributed by atoms with Crippen molar-refractivity contribution >= 4 is 69.0 Å². The van der Waals surface area contributed by atoms with Crippen LogP contribution in [0.1, 0.15) is 33.9 Å². The maximum atomic E-state index is 5.40. The summed E-state index contributed by atoms with van der Waals surface area (Å²) in [4.78, 5) is 18.5. The molecule has 4 aromatic carbocycles. The van der Waals surface area contributed by atoms with Gasteiger partial charge in [0, 0.05) is 47.9 Å². The third kappa shape index (κ3) is 5.83. The molecule has 0 radical (unpaired) electrons. The first-order valence-corrected chi connectivity index (χ1v) is 18.2. The molecular formula is C46H33IN4. The van der Waals surface area contributed by atoms with E-state index in [9.17, 15) is 0 Å². The van der Waals surface area contributed by atoms with Crippen molar-refractivity contribution in [2.24, 2.45) is 0 Å². The zero-order valence-electron chi connectivity index (χ0n) is 28.2. The highest BCUT2D eigenvalue weighted by molar-refractivity contribution is 14.1. The van der Waals surface area contributed by atoms with Gasteiger partial charge < -0.3 is 9.97 Å². The predicted molar refractivity (Wildman–Crippen MR) is 223 cm³/mol. The van der Waals surface area contributed by atoms with E-state index in [0.29, 0.717) is 0 Å². The third-order valence-electron chi connectivity index (χ3n) is 9.63. The summed E-state index contributed by atoms with van der Waals surface area (Å²) < 4.78 is 1.19. The van der Waals surface area contributed by atoms with Crippen molar-refractivity contribution in [1.82, 2.24) is 19.9 Å². The minimum Gasteiger partial charge on any atom is -0.354 e. The lowest BCUT2D eigenvalue weighted by Gasteiger charge is -2.07. The summed E-state index contributed by atoms with van der Waals surface area (Å²) in [5.74, 6) is 0. The van der Waals surface area contributed by atoms with Crippen LogP contribution in [-0.4, -0.2) is 19.9 Å². The maximum Gasteiger partial charge on any atom is 0.0737 e. The van der Waals surface area contributed by atoms with Gasteiger partial charge in [0.05, 0.1) is 22.8 Å². The van der Waals surface area contributed by atoms with Gasteiger partial charge in [-0.3, -0.25) is 0 Å². The molecule has 3 aromatic heterocycles. The van der Waals surface area contributed by atoms with Crippen LogP contribution in [0.5, 0.6) is 0 Å². The van der Waals surface area contributed by atoms with Crippen molar-refractivity contribution in [3.05, 3.63) is 165 Å². The first-order valence-electron chi connectivity index (χ1n) is 17.1. The van der Waals surface area contributed by atoms with Crippen LogP contribution < -0.4 is 0 Å². The molecule has 244 valence electrons. The standard InChI is InChI=1S/C46H33IN4/c1-28-8-12-31(13-9-28)44-37-22-20-35(48-37)43(30-6-4-3-5-7-30)36-21-23-38(49-36)45(32-14-10-29(2)11-15-32)40-25-27-42(51-40)46(41-26-24-39(44)50-41)33-16-18-34(47)19-17-33/h3-27,48,51H,1-2H3. The molecule has 4 nitrogen and oxygen atoms in total. The molecule has 0 saturated heterocycles. The van der Waals surface area contributed by atoms with Crippen molar-refractivity contribution in [3.63, 3.8) is 0 Å². The van der Waals surface area contributed by atoms with E-state index >= 15 is 0 Å². The number of rotatable bonds is 4. The maximum absolute atomic E-state index is 5.40. The van der Waals surface area contributed by atoms with E-state index in [1.54, 1.807) is 0 Å². The molecule has 8 bridgehead atoms. The lowest BCUT2D eigenvalue weighted by Crippen LogP contribution is -1.90. The zero-order valence-corrected chi connectivity index (χ0v) is 30.4. The Morgan fingerprint density at radius 2 is 0.686 bits per heavy atom. The quantitative estimate of drug-likeness (QED) is 0.175. The molecule has 0 unspecified atom stereocenters. The average molecular weight is 769 g/mol. The molecule has 0 aliphatic carbocycles. The largest absolute Gasteiger partial charge is 0.354 e. The molecule has 51 heavy (non-hydrogen) atoms. The summed E-state index contributed by atoms with van der Waals surface area (Å²) in [5.41, 5.74) is 18.6. The molecule has 0 saturated carbocycles. The fraction of sp³-hybridized carbons (Fsp3) is 0.0435. The Morgan fingerprint density at radius 1 is 0.373 bits per heavy atom. The molecule has 2 N–H and O–H groups in total. The summed E-state index contributed by atoms with van der Waals surface area (Å²) in [7, 11) is 0. The predicted octanol–water partition coefficient (Wildman–Crippen LogP) is 12.5. The Bertz CT molecular complexity index is 2630. The second-order valence-electron chi connectivity index (χ2n) is 13.1. The molecule has 2 aliphatic heterocycles. The van der Waals surface area contributed by atoms with Crippen LogP contribution in [0, 0.1) is 17.4 Å². The van der Waals surface area contributed by atoms with Crippen molar-refractivity contribution in [1.29, 1.82) is 0 Å². The number of nitrogens with one attached hydrogen (secondary N) is 2. The minimum absolute atomic E-state index is 0.907. The zero-order chi connectivity index (χ0) is 34.5. The number of H-pyrrole nitrogens is 2. The molecule has 0 spiro atoms. The second kappa shape index (κ2) is 12.8. The Morgan fingerprint density at radius 3 is 1.04 bits per heavy atom. The normalized spacial score (nSPS) is 12.1. The summed E-state index contributed by atoms with van der Waals surface area (Å²) in [6, 6.07) is 45.3. The topological polar surface area (TPSA) is 57.4 Å². The van der Waals surface area contributed by atoms with E-state index in [1.807, 2.05) is 0 Å². The Balaban J connectivity index is 1.47. The van der Waals surface area contributed by atoms with E-state index in [-0.39, 0.29) is 0 Å². The van der Waals surface area contributed by atoms with Gasteiger partial charge in [-0.25, -0.2) is 9.97 Å². The first kappa shape index (κ1) is 31.2. The molecule has 5 heteroatoms. The fourth-order valence-corrected chi connectivity index (χ4v) is 7.44. The summed E-state index contributed by atoms with van der Waals surface area (Å²) in [6.45, 7) is 4.24. The van der Waals surface area contributed by atoms with E-state index in [4.69, 9.17) is 9.97 Å². The van der Waals surface area contributed by atoms with Crippen molar-refractivity contribution < 1.29 is 0 Å². The molecule has 0 fully saturated rings. The smallest absolute Gasteiger partial charge is 0.0737 e. The Kier molecular flexibility index (Phi) is 7.85. The number of hydrogen-bond donors (Lipinski definition) is 2. The second-order valence-corrected chi connectivity index (χ2v) is 14.4.